The Morgan fingerprint density at radius 1 is 0.455 bits per heavy atom. The first-order valence-corrected chi connectivity index (χ1v) is 13.9. The summed E-state index contributed by atoms with van der Waals surface area (Å²) >= 11 is 0. The van der Waals surface area contributed by atoms with Crippen LogP contribution in [0.4, 0.5) is 9.59 Å². The summed E-state index contributed by atoms with van der Waals surface area (Å²) in [5, 5.41) is 11.4. The van der Waals surface area contributed by atoms with Crippen molar-refractivity contribution in [1.82, 2.24) is 21.3 Å². The molecule has 0 atom stereocenters. The third-order valence-corrected chi connectivity index (χ3v) is 5.91. The smallest absolute Gasteiger partial charge is 0.314 e. The molecule has 7 nitrogen and oxygen atoms in total. The molecule has 0 saturated carbocycles. The number of carbonyl (C=O) groups excluding carboxylic acids is 2. The van der Waals surface area contributed by atoms with E-state index >= 15 is 0 Å². The topological polar surface area (TPSA) is 108 Å². The van der Waals surface area contributed by atoms with Gasteiger partial charge in [-0.1, -0.05) is 90.4 Å². The monoisotopic (exact) mass is 469 g/mol. The Morgan fingerprint density at radius 3 is 1.06 bits per heavy atom. The molecule has 6 N–H and O–H groups in total. The molecule has 0 aromatic rings. The van der Waals surface area contributed by atoms with Gasteiger partial charge in [0.2, 0.25) is 0 Å². The Kier molecular flexibility index (Phi) is 25.5. The number of nitrogens with two attached hydrogens (primary N) is 1. The number of rotatable bonds is 24. The number of hydrogen-bond acceptors (Lipinski definition) is 3. The zero-order chi connectivity index (χ0) is 24.2. The van der Waals surface area contributed by atoms with Crippen molar-refractivity contribution >= 4 is 12.1 Å². The van der Waals surface area contributed by atoms with Gasteiger partial charge < -0.3 is 27.0 Å². The van der Waals surface area contributed by atoms with Gasteiger partial charge in [-0.2, -0.15) is 0 Å². The molecule has 0 bridgehead atoms. The highest BCUT2D eigenvalue weighted by molar-refractivity contribution is 5.74. The number of amides is 4. The van der Waals surface area contributed by atoms with Crippen molar-refractivity contribution in [3.8, 4) is 0 Å². The van der Waals surface area contributed by atoms with Crippen molar-refractivity contribution < 1.29 is 9.59 Å². The van der Waals surface area contributed by atoms with Gasteiger partial charge in [-0.3, -0.25) is 0 Å². The molecule has 33 heavy (non-hydrogen) atoms. The van der Waals surface area contributed by atoms with Crippen LogP contribution in [0.1, 0.15) is 122 Å². The van der Waals surface area contributed by atoms with E-state index in [4.69, 9.17) is 5.73 Å². The van der Waals surface area contributed by atoms with Crippen LogP contribution in [0.15, 0.2) is 0 Å². The number of unbranched alkanes of at least 4 members (excludes halogenated alkanes) is 15. The normalized spacial score (nSPS) is 10.7. The molecule has 0 aliphatic carbocycles. The molecule has 7 heteroatoms. The predicted octanol–water partition coefficient (Wildman–Crippen LogP) is 5.59. The Bertz CT molecular complexity index is 435. The van der Waals surface area contributed by atoms with Gasteiger partial charge in [0, 0.05) is 26.2 Å². The van der Waals surface area contributed by atoms with Gasteiger partial charge >= 0.3 is 12.1 Å². The lowest BCUT2D eigenvalue weighted by molar-refractivity contribution is 0.238. The van der Waals surface area contributed by atoms with E-state index in [0.717, 1.165) is 38.6 Å². The van der Waals surface area contributed by atoms with Gasteiger partial charge in [0.05, 0.1) is 0 Å². The molecule has 0 aromatic heterocycles. The second-order valence-corrected chi connectivity index (χ2v) is 9.16. The molecule has 0 heterocycles. The number of carbonyl (C=O) groups is 2. The first kappa shape index (κ1) is 31.5. The lowest BCUT2D eigenvalue weighted by Crippen LogP contribution is -2.38. The lowest BCUT2D eigenvalue weighted by atomic mass is 10.0. The minimum atomic E-state index is -0.133. The minimum absolute atomic E-state index is 0.0877. The Morgan fingerprint density at radius 2 is 0.727 bits per heavy atom. The van der Waals surface area contributed by atoms with Crippen LogP contribution in [0.2, 0.25) is 0 Å². The van der Waals surface area contributed by atoms with Gasteiger partial charge in [0.1, 0.15) is 0 Å². The Labute approximate surface area is 204 Å². The summed E-state index contributed by atoms with van der Waals surface area (Å²) in [6, 6.07) is -0.221. The van der Waals surface area contributed by atoms with Crippen LogP contribution in [0.5, 0.6) is 0 Å². The number of hydrogen-bond donors (Lipinski definition) is 5. The van der Waals surface area contributed by atoms with E-state index in [0.29, 0.717) is 26.2 Å². The van der Waals surface area contributed by atoms with Gasteiger partial charge in [0.15, 0.2) is 0 Å². The summed E-state index contributed by atoms with van der Waals surface area (Å²) in [5.74, 6) is 0. The van der Waals surface area contributed by atoms with Crippen LogP contribution in [0, 0.1) is 0 Å². The molecule has 0 aliphatic heterocycles. The fourth-order valence-corrected chi connectivity index (χ4v) is 3.77. The van der Waals surface area contributed by atoms with E-state index < -0.39 is 0 Å². The highest BCUT2D eigenvalue weighted by atomic mass is 16.2. The minimum Gasteiger partial charge on any atom is -0.338 e. The average molecular weight is 470 g/mol. The highest BCUT2D eigenvalue weighted by Crippen LogP contribution is 2.12. The van der Waals surface area contributed by atoms with Crippen LogP contribution in [0.3, 0.4) is 0 Å². The molecule has 0 spiro atoms. The molecule has 0 unspecified atom stereocenters. The van der Waals surface area contributed by atoms with Gasteiger partial charge in [-0.25, -0.2) is 9.59 Å². The van der Waals surface area contributed by atoms with Crippen molar-refractivity contribution in [2.75, 3.05) is 32.7 Å². The second kappa shape index (κ2) is 26.7. The van der Waals surface area contributed by atoms with Crippen molar-refractivity contribution in [1.29, 1.82) is 0 Å². The summed E-state index contributed by atoms with van der Waals surface area (Å²) in [7, 11) is 0. The summed E-state index contributed by atoms with van der Waals surface area (Å²) in [5.41, 5.74) is 5.41. The maximum Gasteiger partial charge on any atom is 0.314 e. The van der Waals surface area contributed by atoms with Crippen molar-refractivity contribution in [3.63, 3.8) is 0 Å². The SMILES string of the molecule is CCCCCCCCCCCCCCCCNC(=O)NCCCCNC(=O)NCCCCN. The molecular formula is C26H55N5O2. The number of nitrogens with one attached hydrogen (secondary N) is 4. The summed E-state index contributed by atoms with van der Waals surface area (Å²) in [6.07, 6.45) is 22.3. The Hall–Kier alpha value is -1.50. The van der Waals surface area contributed by atoms with E-state index in [-0.39, 0.29) is 12.1 Å². The van der Waals surface area contributed by atoms with Crippen LogP contribution in [0.25, 0.3) is 0 Å². The van der Waals surface area contributed by atoms with E-state index in [9.17, 15) is 9.59 Å². The molecule has 4 amide bonds. The zero-order valence-corrected chi connectivity index (χ0v) is 21.7. The summed E-state index contributed by atoms with van der Waals surface area (Å²) < 4.78 is 0. The van der Waals surface area contributed by atoms with Crippen LogP contribution in [-0.2, 0) is 0 Å². The third kappa shape index (κ3) is 26.6. The molecule has 196 valence electrons. The van der Waals surface area contributed by atoms with Crippen molar-refractivity contribution in [3.05, 3.63) is 0 Å². The van der Waals surface area contributed by atoms with Crippen LogP contribution < -0.4 is 27.0 Å². The fourth-order valence-electron chi connectivity index (χ4n) is 3.77. The van der Waals surface area contributed by atoms with Gasteiger partial charge in [-0.15, -0.1) is 0 Å². The first-order valence-electron chi connectivity index (χ1n) is 13.9. The summed E-state index contributed by atoms with van der Waals surface area (Å²) in [4.78, 5) is 23.3. The molecule has 0 fully saturated rings. The van der Waals surface area contributed by atoms with Crippen molar-refractivity contribution in [2.24, 2.45) is 5.73 Å². The molecule has 0 saturated heterocycles. The first-order chi connectivity index (χ1) is 16.2. The van der Waals surface area contributed by atoms with Gasteiger partial charge in [-0.05, 0) is 38.6 Å². The molecule has 0 aliphatic rings. The summed E-state index contributed by atoms with van der Waals surface area (Å²) in [6.45, 7) is 5.58. The van der Waals surface area contributed by atoms with E-state index in [1.54, 1.807) is 0 Å². The van der Waals surface area contributed by atoms with Crippen molar-refractivity contribution in [2.45, 2.75) is 122 Å². The molecule has 0 radical (unpaired) electrons. The highest BCUT2D eigenvalue weighted by Gasteiger charge is 2.01. The van der Waals surface area contributed by atoms with Crippen LogP contribution >= 0.6 is 0 Å². The number of urea groups is 2. The zero-order valence-electron chi connectivity index (χ0n) is 21.7. The quantitative estimate of drug-likeness (QED) is 0.119. The van der Waals surface area contributed by atoms with Crippen LogP contribution in [-0.4, -0.2) is 44.8 Å². The standard InChI is InChI=1S/C26H55N5O2/c1-2-3-4-5-6-7-8-9-10-11-12-13-14-16-21-28-25(32)30-23-18-19-24-31-26(33)29-22-17-15-20-27/h2-24,27H2,1H3,(H2,28,30,32)(H2,29,31,33). The largest absolute Gasteiger partial charge is 0.338 e. The van der Waals surface area contributed by atoms with E-state index in [1.165, 1.54) is 83.5 Å². The second-order valence-electron chi connectivity index (χ2n) is 9.16. The molecule has 0 aromatic carbocycles. The molecular weight excluding hydrogens is 414 g/mol. The predicted molar refractivity (Wildman–Crippen MR) is 141 cm³/mol. The maximum atomic E-state index is 11.8. The molecule has 0 rings (SSSR count). The lowest BCUT2D eigenvalue weighted by Gasteiger charge is -2.09. The fraction of sp³-hybridized carbons (Fsp3) is 0.923. The average Bonchev–Trinajstić information content (AvgIpc) is 2.81. The van der Waals surface area contributed by atoms with E-state index in [1.807, 2.05) is 0 Å². The van der Waals surface area contributed by atoms with Gasteiger partial charge in [0.25, 0.3) is 0 Å². The van der Waals surface area contributed by atoms with E-state index in [2.05, 4.69) is 28.2 Å². The Balaban J connectivity index is 3.22. The maximum absolute atomic E-state index is 11.8. The third-order valence-electron chi connectivity index (χ3n) is 5.91.